The van der Waals surface area contributed by atoms with Crippen molar-refractivity contribution < 1.29 is 35.8 Å². The normalized spacial score (nSPS) is 16.2. The molecule has 0 saturated carbocycles. The number of alkyl halides is 6. The largest absolute Gasteiger partial charge is 0.430 e. The third-order valence-corrected chi connectivity index (χ3v) is 6.52. The Kier molecular flexibility index (Phi) is 7.59. The highest BCUT2D eigenvalue weighted by Crippen LogP contribution is 2.50. The fourth-order valence-electron chi connectivity index (χ4n) is 4.34. The first-order valence-corrected chi connectivity index (χ1v) is 11.5. The van der Waals surface area contributed by atoms with Crippen molar-refractivity contribution in [2.24, 2.45) is 0 Å². The van der Waals surface area contributed by atoms with Crippen LogP contribution in [0.1, 0.15) is 16.7 Å². The molecule has 3 aromatic rings. The van der Waals surface area contributed by atoms with Crippen molar-refractivity contribution in [3.05, 3.63) is 89.5 Å². The monoisotopic (exact) mass is 527 g/mol. The lowest BCUT2D eigenvalue weighted by atomic mass is 9.90. The molecule has 0 spiro atoms. The number of hydrogen-bond acceptors (Lipinski definition) is 4. The molecule has 198 valence electrons. The van der Waals surface area contributed by atoms with Crippen molar-refractivity contribution in [2.75, 3.05) is 26.2 Å². The van der Waals surface area contributed by atoms with Crippen LogP contribution in [0.4, 0.5) is 30.7 Å². The van der Waals surface area contributed by atoms with Crippen molar-refractivity contribution in [3.8, 4) is 11.1 Å². The fourth-order valence-corrected chi connectivity index (χ4v) is 4.34. The Labute approximate surface area is 209 Å². The van der Waals surface area contributed by atoms with E-state index in [1.165, 1.54) is 11.6 Å². The summed E-state index contributed by atoms with van der Waals surface area (Å²) in [6.45, 7) is 4.30. The van der Waals surface area contributed by atoms with Gasteiger partial charge in [-0.15, -0.1) is 0 Å². The Morgan fingerprint density at radius 3 is 1.73 bits per heavy atom. The first-order valence-electron chi connectivity index (χ1n) is 11.5. The van der Waals surface area contributed by atoms with E-state index in [4.69, 9.17) is 0 Å². The number of pyridine rings is 1. The van der Waals surface area contributed by atoms with Gasteiger partial charge in [0, 0.05) is 62.8 Å². The van der Waals surface area contributed by atoms with Crippen molar-refractivity contribution in [1.29, 1.82) is 0 Å². The summed E-state index contributed by atoms with van der Waals surface area (Å²) in [7, 11) is 0. The molecule has 0 atom stereocenters. The van der Waals surface area contributed by atoms with Crippen molar-refractivity contribution in [1.82, 2.24) is 14.8 Å². The number of aliphatic hydroxyl groups is 1. The molecule has 0 radical (unpaired) electrons. The Balaban J connectivity index is 1.41. The van der Waals surface area contributed by atoms with Crippen molar-refractivity contribution in [3.63, 3.8) is 0 Å². The van der Waals surface area contributed by atoms with Gasteiger partial charge in [0.15, 0.2) is 0 Å². The average molecular weight is 527 g/mol. The average Bonchev–Trinajstić information content (AvgIpc) is 2.85. The van der Waals surface area contributed by atoms with Crippen molar-refractivity contribution in [2.45, 2.75) is 31.0 Å². The second-order valence-electron chi connectivity index (χ2n) is 9.00. The van der Waals surface area contributed by atoms with Gasteiger partial charge in [-0.2, -0.15) is 26.3 Å². The number of piperazine rings is 1. The van der Waals surface area contributed by atoms with Gasteiger partial charge in [-0.25, -0.2) is 4.39 Å². The predicted molar refractivity (Wildman–Crippen MR) is 123 cm³/mol. The highest BCUT2D eigenvalue weighted by molar-refractivity contribution is 5.64. The number of halogens is 7. The molecular weight excluding hydrogens is 503 g/mol. The van der Waals surface area contributed by atoms with E-state index in [-0.39, 0.29) is 11.1 Å². The maximum absolute atomic E-state index is 14.9. The smallest absolute Gasteiger partial charge is 0.369 e. The molecule has 1 fully saturated rings. The second-order valence-corrected chi connectivity index (χ2v) is 9.00. The number of hydrogen-bond donors (Lipinski definition) is 1. The quantitative estimate of drug-likeness (QED) is 0.429. The molecule has 11 heteroatoms. The third kappa shape index (κ3) is 5.78. The van der Waals surface area contributed by atoms with Gasteiger partial charge < -0.3 is 5.11 Å². The van der Waals surface area contributed by atoms with Crippen LogP contribution in [0.15, 0.2) is 67.0 Å². The van der Waals surface area contributed by atoms with Crippen molar-refractivity contribution >= 4 is 0 Å². The molecule has 1 aliphatic heterocycles. The molecule has 1 aromatic heterocycles. The molecule has 0 aliphatic carbocycles. The van der Waals surface area contributed by atoms with Gasteiger partial charge in [0.2, 0.25) is 0 Å². The van der Waals surface area contributed by atoms with E-state index in [1.807, 2.05) is 12.1 Å². The maximum Gasteiger partial charge on any atom is 0.430 e. The summed E-state index contributed by atoms with van der Waals surface area (Å²) in [5, 5.41) is 9.52. The zero-order valence-electron chi connectivity index (χ0n) is 19.5. The van der Waals surface area contributed by atoms with Gasteiger partial charge in [-0.1, -0.05) is 36.4 Å². The molecule has 1 saturated heterocycles. The highest BCUT2D eigenvalue weighted by atomic mass is 19.4. The number of benzene rings is 2. The van der Waals surface area contributed by atoms with Crippen LogP contribution in [-0.2, 0) is 18.7 Å². The van der Waals surface area contributed by atoms with Crippen LogP contribution in [0.2, 0.25) is 0 Å². The Bertz CT molecular complexity index is 1180. The van der Waals surface area contributed by atoms with Crippen LogP contribution in [0.3, 0.4) is 0 Å². The molecule has 1 N–H and O–H groups in total. The standard InChI is InChI=1S/C26H24F7N3O/c27-23-15-20(19-3-5-22(6-4-19)24(37,25(28,29)30)26(31,32)33)1-2-21(23)17-36-13-11-35(12-14-36)16-18-7-9-34-10-8-18/h1-10,15,37H,11-14,16-17H2. The zero-order chi connectivity index (χ0) is 26.8. The Morgan fingerprint density at radius 2 is 1.22 bits per heavy atom. The van der Waals surface area contributed by atoms with E-state index < -0.39 is 29.3 Å². The summed E-state index contributed by atoms with van der Waals surface area (Å²) in [5.74, 6) is -0.525. The minimum Gasteiger partial charge on any atom is -0.369 e. The molecule has 0 bridgehead atoms. The van der Waals surface area contributed by atoms with E-state index >= 15 is 0 Å². The fraction of sp³-hybridized carbons (Fsp3) is 0.346. The van der Waals surface area contributed by atoms with Crippen LogP contribution >= 0.6 is 0 Å². The van der Waals surface area contributed by atoms with E-state index in [1.54, 1.807) is 24.5 Å². The molecule has 4 rings (SSSR count). The third-order valence-electron chi connectivity index (χ3n) is 6.52. The van der Waals surface area contributed by atoms with Gasteiger partial charge in [-0.3, -0.25) is 14.8 Å². The first-order chi connectivity index (χ1) is 17.4. The van der Waals surface area contributed by atoms with Crippen LogP contribution < -0.4 is 0 Å². The second kappa shape index (κ2) is 10.4. The molecule has 2 heterocycles. The Morgan fingerprint density at radius 1 is 0.703 bits per heavy atom. The number of rotatable bonds is 6. The SMILES string of the molecule is OC(c1ccc(-c2ccc(CN3CCN(Cc4ccncc4)CC3)c(F)c2)cc1)(C(F)(F)F)C(F)(F)F. The summed E-state index contributed by atoms with van der Waals surface area (Å²) in [5.41, 5.74) is -4.26. The summed E-state index contributed by atoms with van der Waals surface area (Å²) in [6, 6.07) is 11.3. The summed E-state index contributed by atoms with van der Waals surface area (Å²) in [4.78, 5) is 8.42. The molecular formula is C26H24F7N3O. The van der Waals surface area contributed by atoms with Gasteiger partial charge in [-0.05, 0) is 34.9 Å². The van der Waals surface area contributed by atoms with Crippen LogP contribution in [0.25, 0.3) is 11.1 Å². The van der Waals surface area contributed by atoms with Crippen LogP contribution in [-0.4, -0.2) is 58.4 Å². The van der Waals surface area contributed by atoms with Gasteiger partial charge in [0.05, 0.1) is 0 Å². The summed E-state index contributed by atoms with van der Waals surface area (Å²) >= 11 is 0. The van der Waals surface area contributed by atoms with Gasteiger partial charge in [0.25, 0.3) is 5.60 Å². The first kappa shape index (κ1) is 27.0. The molecule has 37 heavy (non-hydrogen) atoms. The molecule has 0 amide bonds. The minimum absolute atomic E-state index is 0.214. The maximum atomic E-state index is 14.9. The van der Waals surface area contributed by atoms with Crippen LogP contribution in [0.5, 0.6) is 0 Å². The molecule has 1 aliphatic rings. The lowest BCUT2D eigenvalue weighted by molar-refractivity contribution is -0.376. The zero-order valence-corrected chi connectivity index (χ0v) is 19.5. The number of nitrogens with zero attached hydrogens (tertiary/aromatic N) is 3. The van der Waals surface area contributed by atoms with E-state index in [2.05, 4.69) is 14.8 Å². The van der Waals surface area contributed by atoms with E-state index in [0.29, 0.717) is 24.2 Å². The predicted octanol–water partition coefficient (Wildman–Crippen LogP) is 5.52. The summed E-state index contributed by atoms with van der Waals surface area (Å²) < 4.78 is 93.4. The van der Waals surface area contributed by atoms with Gasteiger partial charge >= 0.3 is 12.4 Å². The lowest BCUT2D eigenvalue weighted by Crippen LogP contribution is -2.53. The summed E-state index contributed by atoms with van der Waals surface area (Å²) in [6.07, 6.45) is -8.44. The molecule has 2 aromatic carbocycles. The van der Waals surface area contributed by atoms with E-state index in [0.717, 1.165) is 44.9 Å². The minimum atomic E-state index is -5.97. The molecule has 0 unspecified atom stereocenters. The molecule has 4 nitrogen and oxygen atoms in total. The number of aromatic nitrogens is 1. The lowest BCUT2D eigenvalue weighted by Gasteiger charge is -2.34. The van der Waals surface area contributed by atoms with E-state index in [9.17, 15) is 35.8 Å². The topological polar surface area (TPSA) is 39.6 Å². The van der Waals surface area contributed by atoms with Gasteiger partial charge in [0.1, 0.15) is 5.82 Å². The Hall–Kier alpha value is -3.02. The highest BCUT2D eigenvalue weighted by Gasteiger charge is 2.71. The van der Waals surface area contributed by atoms with Crippen LogP contribution in [0, 0.1) is 5.82 Å².